The molecular formula is C22H21N5. The molecule has 0 unspecified atom stereocenters. The molecule has 27 heavy (non-hydrogen) atoms. The number of nitrogens with two attached hydrogens (primary N) is 2. The normalized spacial score (nSPS) is 11.8. The fraction of sp³-hybridized carbons (Fsp3) is 0.0909. The van der Waals surface area contributed by atoms with Crippen molar-refractivity contribution in [1.82, 2.24) is 4.98 Å². The highest BCUT2D eigenvalue weighted by Crippen LogP contribution is 2.26. The van der Waals surface area contributed by atoms with Gasteiger partial charge in [-0.25, -0.2) is 0 Å². The number of rotatable bonds is 4. The SMILES string of the molecule is CC(=NN=C(N)N)c1c(Cc2ccc3ccccc3c2)[nH]c2ccccc12. The number of nitrogens with one attached hydrogen (secondary N) is 1. The molecule has 1 aromatic heterocycles. The second-order valence-electron chi connectivity index (χ2n) is 6.59. The van der Waals surface area contributed by atoms with Crippen molar-refractivity contribution in [2.75, 3.05) is 0 Å². The van der Waals surface area contributed by atoms with Crippen molar-refractivity contribution in [3.05, 3.63) is 83.6 Å². The standard InChI is InChI=1S/C22H21N5/c1-14(26-27-22(23)24)21-18-8-4-5-9-19(18)25-20(21)13-15-10-11-16-6-2-3-7-17(16)12-15/h2-12,25H,13H2,1H3,(H4,23,24,27). The lowest BCUT2D eigenvalue weighted by Gasteiger charge is -2.06. The van der Waals surface area contributed by atoms with E-state index in [1.54, 1.807) is 0 Å². The van der Waals surface area contributed by atoms with E-state index in [0.717, 1.165) is 34.3 Å². The van der Waals surface area contributed by atoms with Crippen molar-refractivity contribution < 1.29 is 0 Å². The van der Waals surface area contributed by atoms with Crippen LogP contribution in [-0.4, -0.2) is 16.7 Å². The fourth-order valence-corrected chi connectivity index (χ4v) is 3.48. The number of fused-ring (bicyclic) bond motifs is 2. The van der Waals surface area contributed by atoms with Gasteiger partial charge in [0.2, 0.25) is 5.96 Å². The molecule has 0 saturated heterocycles. The van der Waals surface area contributed by atoms with Gasteiger partial charge in [0.05, 0.1) is 5.71 Å². The fourth-order valence-electron chi connectivity index (χ4n) is 3.48. The Morgan fingerprint density at radius 1 is 0.889 bits per heavy atom. The molecule has 0 aliphatic rings. The molecule has 3 aromatic carbocycles. The first-order valence-electron chi connectivity index (χ1n) is 8.82. The van der Waals surface area contributed by atoms with Gasteiger partial charge in [0.25, 0.3) is 0 Å². The van der Waals surface area contributed by atoms with Gasteiger partial charge in [-0.15, -0.1) is 5.10 Å². The lowest BCUT2D eigenvalue weighted by atomic mass is 10.00. The summed E-state index contributed by atoms with van der Waals surface area (Å²) in [6, 6.07) is 23.1. The van der Waals surface area contributed by atoms with Gasteiger partial charge < -0.3 is 16.5 Å². The molecule has 0 fully saturated rings. The third-order valence-corrected chi connectivity index (χ3v) is 4.66. The molecule has 0 amide bonds. The Labute approximate surface area is 157 Å². The molecule has 4 aromatic rings. The van der Waals surface area contributed by atoms with Crippen LogP contribution in [0.3, 0.4) is 0 Å². The van der Waals surface area contributed by atoms with Gasteiger partial charge >= 0.3 is 0 Å². The minimum absolute atomic E-state index is 0.0507. The molecule has 134 valence electrons. The van der Waals surface area contributed by atoms with Crippen LogP contribution in [0.1, 0.15) is 23.7 Å². The topological polar surface area (TPSA) is 92.5 Å². The first-order valence-corrected chi connectivity index (χ1v) is 8.82. The van der Waals surface area contributed by atoms with Crippen LogP contribution in [0.4, 0.5) is 0 Å². The second kappa shape index (κ2) is 6.96. The molecule has 5 N–H and O–H groups in total. The molecule has 0 spiro atoms. The zero-order valence-corrected chi connectivity index (χ0v) is 15.1. The summed E-state index contributed by atoms with van der Waals surface area (Å²) in [5.74, 6) is -0.0507. The van der Waals surface area contributed by atoms with Crippen LogP contribution < -0.4 is 11.5 Å². The Hall–Kier alpha value is -3.60. The van der Waals surface area contributed by atoms with Crippen LogP contribution in [0.2, 0.25) is 0 Å². The Bertz CT molecular complexity index is 1180. The van der Waals surface area contributed by atoms with Crippen LogP contribution >= 0.6 is 0 Å². The molecule has 0 aliphatic heterocycles. The summed E-state index contributed by atoms with van der Waals surface area (Å²) in [6.07, 6.45) is 0.767. The summed E-state index contributed by atoms with van der Waals surface area (Å²) in [4.78, 5) is 3.54. The van der Waals surface area contributed by atoms with Gasteiger partial charge in [-0.05, 0) is 29.3 Å². The first-order chi connectivity index (χ1) is 13.1. The maximum absolute atomic E-state index is 5.43. The average Bonchev–Trinajstić information content (AvgIpc) is 3.04. The highest BCUT2D eigenvalue weighted by Gasteiger charge is 2.14. The average molecular weight is 355 g/mol. The molecule has 5 nitrogen and oxygen atoms in total. The Kier molecular flexibility index (Phi) is 4.34. The number of para-hydroxylation sites is 1. The number of nitrogens with zero attached hydrogens (tertiary/aromatic N) is 2. The predicted octanol–water partition coefficient (Wildman–Crippen LogP) is 3.91. The van der Waals surface area contributed by atoms with Crippen molar-refractivity contribution in [3.63, 3.8) is 0 Å². The van der Waals surface area contributed by atoms with Gasteiger partial charge in [0.1, 0.15) is 0 Å². The first kappa shape index (κ1) is 16.8. The molecule has 1 heterocycles. The van der Waals surface area contributed by atoms with Crippen molar-refractivity contribution in [2.45, 2.75) is 13.3 Å². The van der Waals surface area contributed by atoms with Crippen LogP contribution in [0.25, 0.3) is 21.7 Å². The van der Waals surface area contributed by atoms with Crippen LogP contribution in [0, 0.1) is 0 Å². The number of aromatic nitrogens is 1. The van der Waals surface area contributed by atoms with E-state index in [0.29, 0.717) is 0 Å². The highest BCUT2D eigenvalue weighted by molar-refractivity contribution is 6.11. The zero-order valence-electron chi connectivity index (χ0n) is 15.1. The summed E-state index contributed by atoms with van der Waals surface area (Å²) in [5.41, 5.74) is 16.1. The Morgan fingerprint density at radius 2 is 1.63 bits per heavy atom. The third-order valence-electron chi connectivity index (χ3n) is 4.66. The summed E-state index contributed by atoms with van der Waals surface area (Å²) in [5, 5.41) is 11.6. The molecule has 0 radical (unpaired) electrons. The van der Waals surface area contributed by atoms with E-state index in [2.05, 4.69) is 69.8 Å². The van der Waals surface area contributed by atoms with Crippen molar-refractivity contribution in [2.24, 2.45) is 21.7 Å². The van der Waals surface area contributed by atoms with Crippen molar-refractivity contribution >= 4 is 33.3 Å². The zero-order chi connectivity index (χ0) is 18.8. The number of hydrogen-bond donors (Lipinski definition) is 3. The van der Waals surface area contributed by atoms with E-state index in [-0.39, 0.29) is 5.96 Å². The Morgan fingerprint density at radius 3 is 2.44 bits per heavy atom. The predicted molar refractivity (Wildman–Crippen MR) is 113 cm³/mol. The van der Waals surface area contributed by atoms with E-state index in [1.165, 1.54) is 16.3 Å². The molecule has 0 saturated carbocycles. The monoisotopic (exact) mass is 355 g/mol. The molecule has 0 aliphatic carbocycles. The van der Waals surface area contributed by atoms with Gasteiger partial charge in [-0.2, -0.15) is 5.10 Å². The maximum atomic E-state index is 5.43. The van der Waals surface area contributed by atoms with Gasteiger partial charge in [-0.1, -0.05) is 60.7 Å². The molecule has 0 bridgehead atoms. The van der Waals surface area contributed by atoms with E-state index < -0.39 is 0 Å². The number of aromatic amines is 1. The van der Waals surface area contributed by atoms with Crippen LogP contribution in [0.15, 0.2) is 76.9 Å². The van der Waals surface area contributed by atoms with E-state index in [9.17, 15) is 0 Å². The van der Waals surface area contributed by atoms with E-state index in [4.69, 9.17) is 11.5 Å². The molecule has 4 rings (SSSR count). The second-order valence-corrected chi connectivity index (χ2v) is 6.59. The highest BCUT2D eigenvalue weighted by atomic mass is 15.3. The smallest absolute Gasteiger partial charge is 0.211 e. The summed E-state index contributed by atoms with van der Waals surface area (Å²) in [6.45, 7) is 1.92. The molecule has 5 heteroatoms. The van der Waals surface area contributed by atoms with E-state index >= 15 is 0 Å². The van der Waals surface area contributed by atoms with Crippen LogP contribution in [-0.2, 0) is 6.42 Å². The molecular weight excluding hydrogens is 334 g/mol. The van der Waals surface area contributed by atoms with E-state index in [1.807, 2.05) is 19.1 Å². The quantitative estimate of drug-likeness (QED) is 0.294. The number of guanidine groups is 1. The minimum atomic E-state index is -0.0507. The minimum Gasteiger partial charge on any atom is -0.369 e. The van der Waals surface area contributed by atoms with Gasteiger partial charge in [-0.3, -0.25) is 0 Å². The number of H-pyrrole nitrogens is 1. The van der Waals surface area contributed by atoms with Crippen molar-refractivity contribution in [1.29, 1.82) is 0 Å². The number of benzene rings is 3. The summed E-state index contributed by atoms with van der Waals surface area (Å²) < 4.78 is 0. The summed E-state index contributed by atoms with van der Waals surface area (Å²) >= 11 is 0. The lowest BCUT2D eigenvalue weighted by Crippen LogP contribution is -2.22. The van der Waals surface area contributed by atoms with Crippen molar-refractivity contribution in [3.8, 4) is 0 Å². The third kappa shape index (κ3) is 3.40. The Balaban J connectivity index is 1.81. The largest absolute Gasteiger partial charge is 0.369 e. The summed E-state index contributed by atoms with van der Waals surface area (Å²) in [7, 11) is 0. The molecule has 0 atom stereocenters. The number of hydrogen-bond acceptors (Lipinski definition) is 2. The van der Waals surface area contributed by atoms with Gasteiger partial charge in [0, 0.05) is 28.6 Å². The van der Waals surface area contributed by atoms with Crippen LogP contribution in [0.5, 0.6) is 0 Å². The lowest BCUT2D eigenvalue weighted by molar-refractivity contribution is 1.11. The maximum Gasteiger partial charge on any atom is 0.211 e. The van der Waals surface area contributed by atoms with Gasteiger partial charge in [0.15, 0.2) is 0 Å².